The van der Waals surface area contributed by atoms with Crippen LogP contribution >= 0.6 is 11.3 Å². The Bertz CT molecular complexity index is 803. The predicted octanol–water partition coefficient (Wildman–Crippen LogP) is 4.67. The zero-order valence-corrected chi connectivity index (χ0v) is 17.1. The Hall–Kier alpha value is -1.43. The highest BCUT2D eigenvalue weighted by Crippen LogP contribution is 2.46. The number of anilines is 1. The van der Waals surface area contributed by atoms with Gasteiger partial charge in [-0.1, -0.05) is 39.8 Å². The maximum absolute atomic E-state index is 9.55. The van der Waals surface area contributed by atoms with E-state index in [1.807, 2.05) is 0 Å². The molecule has 1 fully saturated rings. The number of hydrogen-bond acceptors (Lipinski definition) is 5. The number of piperazine rings is 1. The van der Waals surface area contributed by atoms with E-state index in [9.17, 15) is 5.21 Å². The second-order valence-electron chi connectivity index (χ2n) is 8.98. The van der Waals surface area contributed by atoms with Gasteiger partial charge in [0, 0.05) is 37.1 Å². The molecule has 0 amide bonds. The second-order valence-corrected chi connectivity index (χ2v) is 9.82. The lowest BCUT2D eigenvalue weighted by Crippen LogP contribution is -2.44. The lowest BCUT2D eigenvalue weighted by molar-refractivity contribution is -0.0935. The van der Waals surface area contributed by atoms with Crippen LogP contribution in [0.1, 0.15) is 51.7 Å². The van der Waals surface area contributed by atoms with Gasteiger partial charge in [-0.15, -0.1) is 11.3 Å². The Labute approximate surface area is 160 Å². The minimum absolute atomic E-state index is 0.219. The van der Waals surface area contributed by atoms with E-state index in [0.717, 1.165) is 23.9 Å². The Kier molecular flexibility index (Phi) is 4.37. The summed E-state index contributed by atoms with van der Waals surface area (Å²) >= 11 is 1.70. The van der Waals surface area contributed by atoms with Crippen LogP contribution in [0.4, 0.5) is 5.13 Å². The molecule has 2 aliphatic rings. The molecule has 0 saturated carbocycles. The highest BCUT2D eigenvalue weighted by molar-refractivity contribution is 7.14. The maximum atomic E-state index is 9.55. The van der Waals surface area contributed by atoms with Crippen LogP contribution in [-0.2, 0) is 10.8 Å². The normalized spacial score (nSPS) is 22.3. The van der Waals surface area contributed by atoms with E-state index in [4.69, 9.17) is 4.98 Å². The van der Waals surface area contributed by atoms with Crippen molar-refractivity contribution in [3.8, 4) is 11.3 Å². The SMILES string of the molecule is CC1(C)CCC(C)(C)c2cc(-c3csc(N4CCN(O)CC4)n3)ccc21. The monoisotopic (exact) mass is 371 g/mol. The summed E-state index contributed by atoms with van der Waals surface area (Å²) in [5, 5.41) is 14.2. The molecular weight excluding hydrogens is 342 g/mol. The van der Waals surface area contributed by atoms with Crippen molar-refractivity contribution in [3.63, 3.8) is 0 Å². The predicted molar refractivity (Wildman–Crippen MR) is 108 cm³/mol. The third kappa shape index (κ3) is 3.17. The molecule has 1 aromatic heterocycles. The van der Waals surface area contributed by atoms with E-state index in [1.54, 1.807) is 11.3 Å². The number of hydrogen-bond donors (Lipinski definition) is 1. The van der Waals surface area contributed by atoms with Crippen LogP contribution in [0.3, 0.4) is 0 Å². The van der Waals surface area contributed by atoms with Crippen molar-refractivity contribution in [1.82, 2.24) is 10.0 Å². The summed E-state index contributed by atoms with van der Waals surface area (Å²) in [5.41, 5.74) is 5.73. The average molecular weight is 372 g/mol. The maximum Gasteiger partial charge on any atom is 0.185 e. The van der Waals surface area contributed by atoms with Gasteiger partial charge in [-0.05, 0) is 40.9 Å². The van der Waals surface area contributed by atoms with E-state index in [0.29, 0.717) is 13.1 Å². The molecule has 4 rings (SSSR count). The first-order valence-corrected chi connectivity index (χ1v) is 10.4. The summed E-state index contributed by atoms with van der Waals surface area (Å²) in [6, 6.07) is 6.95. The molecule has 0 unspecified atom stereocenters. The molecule has 1 saturated heterocycles. The fraction of sp³-hybridized carbons (Fsp3) is 0.571. The van der Waals surface area contributed by atoms with Crippen molar-refractivity contribution in [2.45, 2.75) is 51.4 Å². The van der Waals surface area contributed by atoms with Crippen molar-refractivity contribution < 1.29 is 5.21 Å². The van der Waals surface area contributed by atoms with E-state index in [1.165, 1.54) is 34.6 Å². The number of hydroxylamine groups is 2. The number of fused-ring (bicyclic) bond motifs is 1. The van der Waals surface area contributed by atoms with Gasteiger partial charge < -0.3 is 10.1 Å². The fourth-order valence-electron chi connectivity index (χ4n) is 4.18. The largest absolute Gasteiger partial charge is 0.345 e. The van der Waals surface area contributed by atoms with Gasteiger partial charge in [-0.25, -0.2) is 4.98 Å². The average Bonchev–Trinajstić information content (AvgIpc) is 3.09. The third-order valence-corrected chi connectivity index (χ3v) is 7.07. The molecule has 0 radical (unpaired) electrons. The minimum atomic E-state index is 0.219. The Morgan fingerprint density at radius 1 is 0.962 bits per heavy atom. The zero-order chi connectivity index (χ0) is 18.5. The molecule has 1 aromatic carbocycles. The number of aromatic nitrogens is 1. The molecule has 0 spiro atoms. The van der Waals surface area contributed by atoms with Gasteiger partial charge in [0.2, 0.25) is 0 Å². The van der Waals surface area contributed by atoms with Gasteiger partial charge in [-0.3, -0.25) is 0 Å². The van der Waals surface area contributed by atoms with Gasteiger partial charge in [0.05, 0.1) is 5.69 Å². The molecule has 5 heteroatoms. The molecule has 2 aromatic rings. The highest BCUT2D eigenvalue weighted by atomic mass is 32.1. The van der Waals surface area contributed by atoms with Crippen LogP contribution in [0.5, 0.6) is 0 Å². The zero-order valence-electron chi connectivity index (χ0n) is 16.2. The summed E-state index contributed by atoms with van der Waals surface area (Å²) in [5.74, 6) is 0. The molecule has 2 heterocycles. The number of thiazole rings is 1. The van der Waals surface area contributed by atoms with Crippen molar-refractivity contribution in [3.05, 3.63) is 34.7 Å². The van der Waals surface area contributed by atoms with Crippen molar-refractivity contribution in [1.29, 1.82) is 0 Å². The van der Waals surface area contributed by atoms with Gasteiger partial charge in [-0.2, -0.15) is 5.06 Å². The number of nitrogens with zero attached hydrogens (tertiary/aromatic N) is 3. The molecule has 1 aliphatic carbocycles. The Balaban J connectivity index is 1.65. The van der Waals surface area contributed by atoms with Gasteiger partial charge in [0.15, 0.2) is 5.13 Å². The number of rotatable bonds is 2. The second kappa shape index (κ2) is 6.32. The quantitative estimate of drug-likeness (QED) is 0.833. The van der Waals surface area contributed by atoms with E-state index >= 15 is 0 Å². The molecule has 1 N–H and O–H groups in total. The summed E-state index contributed by atoms with van der Waals surface area (Å²) in [4.78, 5) is 7.18. The van der Waals surface area contributed by atoms with Crippen molar-refractivity contribution >= 4 is 16.5 Å². The molecule has 26 heavy (non-hydrogen) atoms. The third-order valence-electron chi connectivity index (χ3n) is 6.17. The first kappa shape index (κ1) is 18.0. The summed E-state index contributed by atoms with van der Waals surface area (Å²) in [7, 11) is 0. The Morgan fingerprint density at radius 2 is 1.62 bits per heavy atom. The van der Waals surface area contributed by atoms with E-state index in [-0.39, 0.29) is 10.8 Å². The smallest absolute Gasteiger partial charge is 0.185 e. The van der Waals surface area contributed by atoms with Gasteiger partial charge in [0.1, 0.15) is 0 Å². The summed E-state index contributed by atoms with van der Waals surface area (Å²) < 4.78 is 0. The highest BCUT2D eigenvalue weighted by Gasteiger charge is 2.37. The van der Waals surface area contributed by atoms with Gasteiger partial charge in [0.25, 0.3) is 0 Å². The standard InChI is InChI=1S/C21H29N3OS/c1-20(2)7-8-21(3,4)17-13-15(5-6-16(17)20)18-14-26-19(22-18)23-9-11-24(25)12-10-23/h5-6,13-14,25H,7-12H2,1-4H3. The number of benzene rings is 1. The van der Waals surface area contributed by atoms with Crippen LogP contribution in [-0.4, -0.2) is 41.4 Å². The summed E-state index contributed by atoms with van der Waals surface area (Å²) in [6.45, 7) is 12.5. The molecule has 0 bridgehead atoms. The topological polar surface area (TPSA) is 39.6 Å². The lowest BCUT2D eigenvalue weighted by atomic mass is 9.63. The minimum Gasteiger partial charge on any atom is -0.345 e. The van der Waals surface area contributed by atoms with Crippen LogP contribution in [0.25, 0.3) is 11.3 Å². The van der Waals surface area contributed by atoms with Gasteiger partial charge >= 0.3 is 0 Å². The van der Waals surface area contributed by atoms with Crippen molar-refractivity contribution in [2.24, 2.45) is 0 Å². The Morgan fingerprint density at radius 3 is 2.31 bits per heavy atom. The first-order valence-electron chi connectivity index (χ1n) is 9.56. The molecule has 1 aliphatic heterocycles. The molecular formula is C21H29N3OS. The van der Waals surface area contributed by atoms with Crippen LogP contribution in [0.15, 0.2) is 23.6 Å². The van der Waals surface area contributed by atoms with E-state index < -0.39 is 0 Å². The van der Waals surface area contributed by atoms with E-state index in [2.05, 4.69) is 56.2 Å². The van der Waals surface area contributed by atoms with Crippen LogP contribution < -0.4 is 4.90 Å². The lowest BCUT2D eigenvalue weighted by Gasteiger charge is -2.42. The first-order chi connectivity index (χ1) is 12.3. The van der Waals surface area contributed by atoms with Crippen LogP contribution in [0, 0.1) is 0 Å². The molecule has 0 atom stereocenters. The summed E-state index contributed by atoms with van der Waals surface area (Å²) in [6.07, 6.45) is 2.47. The molecule has 4 nitrogen and oxygen atoms in total. The van der Waals surface area contributed by atoms with Crippen molar-refractivity contribution in [2.75, 3.05) is 31.1 Å². The van der Waals surface area contributed by atoms with Crippen LogP contribution in [0.2, 0.25) is 0 Å². The molecule has 140 valence electrons. The fourth-order valence-corrected chi connectivity index (χ4v) is 5.07.